The van der Waals surface area contributed by atoms with E-state index in [9.17, 15) is 4.79 Å². The van der Waals surface area contributed by atoms with Crippen LogP contribution in [0.1, 0.15) is 28.6 Å². The molecule has 0 saturated heterocycles. The maximum atomic E-state index is 10.9. The summed E-state index contributed by atoms with van der Waals surface area (Å²) in [5, 5.41) is 18.4. The summed E-state index contributed by atoms with van der Waals surface area (Å²) >= 11 is 1.57. The zero-order valence-corrected chi connectivity index (χ0v) is 11.8. The Kier molecular flexibility index (Phi) is 4.34. The number of carboxylic acid groups (broad SMARTS) is 1. The van der Waals surface area contributed by atoms with Crippen molar-refractivity contribution in [3.63, 3.8) is 0 Å². The second-order valence-corrected chi connectivity index (χ2v) is 5.40. The number of thiophene rings is 1. The Morgan fingerprint density at radius 3 is 2.95 bits per heavy atom. The Labute approximate surface area is 115 Å². The average Bonchev–Trinajstić information content (AvgIpc) is 2.98. The molecule has 0 amide bonds. The van der Waals surface area contributed by atoms with Gasteiger partial charge in [0, 0.05) is 29.7 Å². The van der Waals surface area contributed by atoms with Gasteiger partial charge in [-0.05, 0) is 18.4 Å². The normalized spacial score (nSPS) is 12.5. The number of nitrogens with one attached hydrogen (secondary N) is 1. The number of nitrogens with zero attached hydrogens (tertiary/aromatic N) is 2. The van der Waals surface area contributed by atoms with Crippen LogP contribution in [-0.4, -0.2) is 20.9 Å². The summed E-state index contributed by atoms with van der Waals surface area (Å²) in [5.74, 6) is -0.797. The summed E-state index contributed by atoms with van der Waals surface area (Å²) in [6.45, 7) is 2.62. The quantitative estimate of drug-likeness (QED) is 0.849. The van der Waals surface area contributed by atoms with E-state index in [0.717, 1.165) is 16.1 Å². The van der Waals surface area contributed by atoms with Gasteiger partial charge in [0.25, 0.3) is 0 Å². The van der Waals surface area contributed by atoms with E-state index in [2.05, 4.69) is 10.4 Å². The van der Waals surface area contributed by atoms with E-state index in [-0.39, 0.29) is 12.5 Å². The van der Waals surface area contributed by atoms with Crippen molar-refractivity contribution in [1.29, 1.82) is 0 Å². The van der Waals surface area contributed by atoms with Crippen molar-refractivity contribution in [1.82, 2.24) is 15.1 Å². The van der Waals surface area contributed by atoms with Crippen molar-refractivity contribution in [2.24, 2.45) is 7.05 Å². The van der Waals surface area contributed by atoms with E-state index < -0.39 is 5.97 Å². The van der Waals surface area contributed by atoms with E-state index in [0.29, 0.717) is 6.54 Å². The number of hydrogen-bond donors (Lipinski definition) is 2. The van der Waals surface area contributed by atoms with E-state index >= 15 is 0 Å². The van der Waals surface area contributed by atoms with Gasteiger partial charge >= 0.3 is 5.97 Å². The Morgan fingerprint density at radius 1 is 1.63 bits per heavy atom. The highest BCUT2D eigenvalue weighted by Crippen LogP contribution is 2.22. The zero-order valence-electron chi connectivity index (χ0n) is 11.0. The van der Waals surface area contributed by atoms with Crippen molar-refractivity contribution >= 4 is 17.3 Å². The third kappa shape index (κ3) is 3.42. The molecule has 0 aromatic carbocycles. The first-order valence-electron chi connectivity index (χ1n) is 6.04. The zero-order chi connectivity index (χ0) is 13.8. The van der Waals surface area contributed by atoms with Crippen LogP contribution in [0, 0.1) is 6.92 Å². The van der Waals surface area contributed by atoms with E-state index in [4.69, 9.17) is 5.11 Å². The summed E-state index contributed by atoms with van der Waals surface area (Å²) in [7, 11) is 1.90. The lowest BCUT2D eigenvalue weighted by Gasteiger charge is -2.15. The van der Waals surface area contributed by atoms with Crippen LogP contribution in [0.25, 0.3) is 0 Å². The van der Waals surface area contributed by atoms with Gasteiger partial charge in [-0.2, -0.15) is 5.10 Å². The molecule has 0 spiro atoms. The Balaban J connectivity index is 2.05. The number of aromatic nitrogens is 2. The minimum Gasteiger partial charge on any atom is -0.481 e. The molecular weight excluding hydrogens is 262 g/mol. The van der Waals surface area contributed by atoms with Crippen LogP contribution < -0.4 is 5.32 Å². The monoisotopic (exact) mass is 279 g/mol. The van der Waals surface area contributed by atoms with Gasteiger partial charge in [0.05, 0.1) is 18.7 Å². The molecule has 0 saturated carbocycles. The molecule has 0 aliphatic rings. The average molecular weight is 279 g/mol. The highest BCUT2D eigenvalue weighted by Gasteiger charge is 2.16. The largest absolute Gasteiger partial charge is 0.481 e. The van der Waals surface area contributed by atoms with E-state index in [1.807, 2.05) is 42.4 Å². The standard InChI is InChI=1S/C13H17N3O2S/c1-9-10(8-15-16(9)2)7-14-11(6-13(17)18)12-4-3-5-19-12/h3-5,8,11,14H,6-7H2,1-2H3,(H,17,18). The molecule has 6 heteroatoms. The van der Waals surface area contributed by atoms with Crippen LogP contribution in [0.3, 0.4) is 0 Å². The van der Waals surface area contributed by atoms with Crippen molar-refractivity contribution in [3.8, 4) is 0 Å². The fraction of sp³-hybridized carbons (Fsp3) is 0.385. The van der Waals surface area contributed by atoms with Crippen LogP contribution >= 0.6 is 11.3 Å². The van der Waals surface area contributed by atoms with Crippen LogP contribution in [0.2, 0.25) is 0 Å². The second-order valence-electron chi connectivity index (χ2n) is 4.43. The van der Waals surface area contributed by atoms with Gasteiger partial charge in [0.2, 0.25) is 0 Å². The Bertz CT molecular complexity index is 548. The van der Waals surface area contributed by atoms with Crippen molar-refractivity contribution in [2.75, 3.05) is 0 Å². The third-order valence-electron chi connectivity index (χ3n) is 3.14. The van der Waals surface area contributed by atoms with Crippen LogP contribution in [0.4, 0.5) is 0 Å². The maximum absolute atomic E-state index is 10.9. The molecule has 0 radical (unpaired) electrons. The van der Waals surface area contributed by atoms with Crippen molar-refractivity contribution in [2.45, 2.75) is 25.9 Å². The molecular formula is C13H17N3O2S. The molecule has 2 rings (SSSR count). The van der Waals surface area contributed by atoms with Gasteiger partial charge in [0.15, 0.2) is 0 Å². The molecule has 2 aromatic rings. The highest BCUT2D eigenvalue weighted by molar-refractivity contribution is 7.10. The van der Waals surface area contributed by atoms with Gasteiger partial charge in [-0.3, -0.25) is 9.48 Å². The molecule has 0 aliphatic heterocycles. The molecule has 102 valence electrons. The molecule has 1 atom stereocenters. The number of carbonyl (C=O) groups is 1. The maximum Gasteiger partial charge on any atom is 0.305 e. The molecule has 2 heterocycles. The highest BCUT2D eigenvalue weighted by atomic mass is 32.1. The van der Waals surface area contributed by atoms with Gasteiger partial charge < -0.3 is 10.4 Å². The van der Waals surface area contributed by atoms with Crippen LogP contribution in [0.15, 0.2) is 23.7 Å². The lowest BCUT2D eigenvalue weighted by atomic mass is 10.1. The Morgan fingerprint density at radius 2 is 2.42 bits per heavy atom. The summed E-state index contributed by atoms with van der Waals surface area (Å²) in [5.41, 5.74) is 2.18. The SMILES string of the molecule is Cc1c(CNC(CC(=O)O)c2cccs2)cnn1C. The first-order chi connectivity index (χ1) is 9.08. The third-order valence-corrected chi connectivity index (χ3v) is 4.13. The van der Waals surface area contributed by atoms with Gasteiger partial charge in [-0.25, -0.2) is 0 Å². The fourth-order valence-electron chi connectivity index (χ4n) is 1.89. The first-order valence-corrected chi connectivity index (χ1v) is 6.92. The van der Waals surface area contributed by atoms with Gasteiger partial charge in [0.1, 0.15) is 0 Å². The summed E-state index contributed by atoms with van der Waals surface area (Å²) < 4.78 is 1.81. The lowest BCUT2D eigenvalue weighted by molar-refractivity contribution is -0.137. The molecule has 0 bridgehead atoms. The summed E-state index contributed by atoms with van der Waals surface area (Å²) in [6.07, 6.45) is 1.90. The Hall–Kier alpha value is -1.66. The smallest absolute Gasteiger partial charge is 0.305 e. The first kappa shape index (κ1) is 13.8. The van der Waals surface area contributed by atoms with E-state index in [1.165, 1.54) is 0 Å². The number of carboxylic acids is 1. The lowest BCUT2D eigenvalue weighted by Crippen LogP contribution is -2.23. The fourth-order valence-corrected chi connectivity index (χ4v) is 2.69. The molecule has 2 aromatic heterocycles. The predicted molar refractivity (Wildman–Crippen MR) is 74.1 cm³/mol. The molecule has 0 aliphatic carbocycles. The number of aliphatic carboxylic acids is 1. The summed E-state index contributed by atoms with van der Waals surface area (Å²) in [6, 6.07) is 3.74. The van der Waals surface area contributed by atoms with Crippen LogP contribution in [0.5, 0.6) is 0 Å². The molecule has 2 N–H and O–H groups in total. The van der Waals surface area contributed by atoms with Gasteiger partial charge in [-0.15, -0.1) is 11.3 Å². The number of rotatable bonds is 6. The van der Waals surface area contributed by atoms with E-state index in [1.54, 1.807) is 11.3 Å². The molecule has 5 nitrogen and oxygen atoms in total. The number of hydrogen-bond acceptors (Lipinski definition) is 4. The minimum absolute atomic E-state index is 0.0832. The molecule has 1 unspecified atom stereocenters. The van der Waals surface area contributed by atoms with Crippen molar-refractivity contribution < 1.29 is 9.90 Å². The number of aryl methyl sites for hydroxylation is 1. The second kappa shape index (κ2) is 5.99. The van der Waals surface area contributed by atoms with Crippen molar-refractivity contribution in [3.05, 3.63) is 39.8 Å². The molecule has 19 heavy (non-hydrogen) atoms. The van der Waals surface area contributed by atoms with Gasteiger partial charge in [-0.1, -0.05) is 6.07 Å². The summed E-state index contributed by atoms with van der Waals surface area (Å²) in [4.78, 5) is 12.0. The predicted octanol–water partition coefficient (Wildman–Crippen LogP) is 2.10. The molecule has 0 fully saturated rings. The topological polar surface area (TPSA) is 67.2 Å². The minimum atomic E-state index is -0.797. The van der Waals surface area contributed by atoms with Crippen LogP contribution in [-0.2, 0) is 18.4 Å².